The molecule has 142 valence electrons. The number of rotatable bonds is 4. The lowest BCUT2D eigenvalue weighted by Crippen LogP contribution is -2.19. The molecule has 0 spiro atoms. The Kier molecular flexibility index (Phi) is 4.55. The zero-order valence-corrected chi connectivity index (χ0v) is 16.4. The smallest absolute Gasteiger partial charge is 0.343 e. The van der Waals surface area contributed by atoms with Gasteiger partial charge in [-0.1, -0.05) is 33.2 Å². The maximum Gasteiger partial charge on any atom is 0.343 e. The molecule has 0 saturated heterocycles. The van der Waals surface area contributed by atoms with Gasteiger partial charge in [0.15, 0.2) is 6.61 Å². The van der Waals surface area contributed by atoms with Crippen LogP contribution in [-0.2, 0) is 18.4 Å². The van der Waals surface area contributed by atoms with Crippen molar-refractivity contribution in [1.29, 1.82) is 0 Å². The van der Waals surface area contributed by atoms with E-state index in [4.69, 9.17) is 13.7 Å². The second-order valence-corrected chi connectivity index (χ2v) is 6.89. The Bertz CT molecular complexity index is 1260. The van der Waals surface area contributed by atoms with Crippen molar-refractivity contribution in [3.05, 3.63) is 62.6 Å². The van der Waals surface area contributed by atoms with E-state index in [1.807, 2.05) is 24.3 Å². The van der Waals surface area contributed by atoms with E-state index in [1.165, 1.54) is 17.9 Å². The van der Waals surface area contributed by atoms with Crippen LogP contribution < -0.4 is 5.56 Å². The van der Waals surface area contributed by atoms with E-state index in [9.17, 15) is 9.59 Å². The molecule has 0 atom stereocenters. The Morgan fingerprint density at radius 1 is 1.36 bits per heavy atom. The van der Waals surface area contributed by atoms with Crippen LogP contribution in [0.1, 0.15) is 22.0 Å². The summed E-state index contributed by atoms with van der Waals surface area (Å²) >= 11 is 3.38. The lowest BCUT2D eigenvalue weighted by Gasteiger charge is -2.01. The molecule has 3 heterocycles. The minimum Gasteiger partial charge on any atom is -0.452 e. The molecule has 0 N–H and O–H groups in total. The van der Waals surface area contributed by atoms with E-state index < -0.39 is 11.5 Å². The molecule has 0 aliphatic rings. The lowest BCUT2D eigenvalue weighted by atomic mass is 10.2. The quantitative estimate of drug-likeness (QED) is 0.441. The summed E-state index contributed by atoms with van der Waals surface area (Å²) in [4.78, 5) is 33.1. The van der Waals surface area contributed by atoms with E-state index in [0.29, 0.717) is 5.82 Å². The number of hydrogen-bond donors (Lipinski definition) is 0. The first-order valence-electron chi connectivity index (χ1n) is 8.14. The van der Waals surface area contributed by atoms with Crippen LogP contribution in [0, 0.1) is 6.92 Å². The molecule has 0 bridgehead atoms. The highest BCUT2D eigenvalue weighted by Gasteiger charge is 2.24. The molecule has 4 aromatic rings. The zero-order chi connectivity index (χ0) is 19.8. The van der Waals surface area contributed by atoms with Crippen molar-refractivity contribution < 1.29 is 18.5 Å². The summed E-state index contributed by atoms with van der Waals surface area (Å²) in [6.45, 7) is 1.32. The molecule has 10 heteroatoms. The predicted molar refractivity (Wildman–Crippen MR) is 101 cm³/mol. The number of carbonyl (C=O) groups excluding carboxylic acids is 1. The molecule has 0 radical (unpaired) electrons. The van der Waals surface area contributed by atoms with Crippen LogP contribution in [0.4, 0.5) is 0 Å². The molecule has 4 rings (SSSR count). The largest absolute Gasteiger partial charge is 0.452 e. The van der Waals surface area contributed by atoms with Crippen LogP contribution in [0.2, 0.25) is 0 Å². The lowest BCUT2D eigenvalue weighted by molar-refractivity contribution is 0.0430. The van der Waals surface area contributed by atoms with Gasteiger partial charge in [-0.3, -0.25) is 4.79 Å². The molecule has 0 aliphatic carbocycles. The Labute approximate surface area is 166 Å². The molecular weight excluding hydrogens is 432 g/mol. The van der Waals surface area contributed by atoms with Gasteiger partial charge in [0.1, 0.15) is 23.0 Å². The van der Waals surface area contributed by atoms with Crippen LogP contribution in [0.25, 0.3) is 22.5 Å². The third-order valence-corrected chi connectivity index (χ3v) is 4.52. The number of aromatic nitrogens is 4. The number of halogens is 1. The number of esters is 1. The summed E-state index contributed by atoms with van der Waals surface area (Å²) < 4.78 is 17.9. The van der Waals surface area contributed by atoms with Crippen molar-refractivity contribution in [2.24, 2.45) is 7.05 Å². The maximum atomic E-state index is 12.5. The first-order chi connectivity index (χ1) is 13.4. The highest BCUT2D eigenvalue weighted by molar-refractivity contribution is 9.10. The standard InChI is InChI=1S/C18H13BrN4O5/c1-9-13(14-16(27-9)20-8-23(2)17(14)24)18(25)26-7-12-21-15(22-28-12)10-4-3-5-11(19)6-10/h3-6,8H,7H2,1-2H3. The molecule has 0 aliphatic heterocycles. The van der Waals surface area contributed by atoms with Gasteiger partial charge in [0, 0.05) is 17.1 Å². The summed E-state index contributed by atoms with van der Waals surface area (Å²) in [7, 11) is 1.54. The number of carbonyl (C=O) groups is 1. The Hall–Kier alpha value is -3.27. The van der Waals surface area contributed by atoms with E-state index in [2.05, 4.69) is 31.1 Å². The van der Waals surface area contributed by atoms with Gasteiger partial charge in [0.05, 0.1) is 0 Å². The third kappa shape index (κ3) is 3.22. The van der Waals surface area contributed by atoms with Crippen LogP contribution >= 0.6 is 15.9 Å². The van der Waals surface area contributed by atoms with E-state index in [1.54, 1.807) is 6.92 Å². The average molecular weight is 445 g/mol. The van der Waals surface area contributed by atoms with E-state index in [-0.39, 0.29) is 34.9 Å². The van der Waals surface area contributed by atoms with Gasteiger partial charge < -0.3 is 18.2 Å². The maximum absolute atomic E-state index is 12.5. The Balaban J connectivity index is 1.56. The second-order valence-electron chi connectivity index (χ2n) is 5.97. The minimum atomic E-state index is -0.733. The number of aryl methyl sites for hydroxylation is 2. The molecule has 0 amide bonds. The van der Waals surface area contributed by atoms with E-state index >= 15 is 0 Å². The van der Waals surface area contributed by atoms with Crippen molar-refractivity contribution >= 4 is 33.0 Å². The van der Waals surface area contributed by atoms with Crippen molar-refractivity contribution in [2.45, 2.75) is 13.5 Å². The zero-order valence-electron chi connectivity index (χ0n) is 14.8. The Morgan fingerprint density at radius 2 is 2.18 bits per heavy atom. The molecule has 0 fully saturated rings. The van der Waals surface area contributed by atoms with Crippen LogP contribution in [-0.4, -0.2) is 25.7 Å². The fourth-order valence-corrected chi connectivity index (χ4v) is 3.09. The van der Waals surface area contributed by atoms with Gasteiger partial charge in [-0.05, 0) is 19.1 Å². The van der Waals surface area contributed by atoms with Gasteiger partial charge >= 0.3 is 5.97 Å². The van der Waals surface area contributed by atoms with Crippen molar-refractivity contribution in [2.75, 3.05) is 0 Å². The number of hydrogen-bond acceptors (Lipinski definition) is 8. The number of benzene rings is 1. The fraction of sp³-hybridized carbons (Fsp3) is 0.167. The van der Waals surface area contributed by atoms with Crippen LogP contribution in [0.15, 0.2) is 48.8 Å². The molecule has 0 unspecified atom stereocenters. The summed E-state index contributed by atoms with van der Waals surface area (Å²) in [5.41, 5.74) is 0.475. The topological polar surface area (TPSA) is 113 Å². The van der Waals surface area contributed by atoms with Crippen LogP contribution in [0.5, 0.6) is 0 Å². The summed E-state index contributed by atoms with van der Waals surface area (Å²) in [6.07, 6.45) is 1.32. The molecule has 9 nitrogen and oxygen atoms in total. The van der Waals surface area contributed by atoms with Crippen molar-refractivity contribution in [3.63, 3.8) is 0 Å². The van der Waals surface area contributed by atoms with Gasteiger partial charge in [-0.2, -0.15) is 4.98 Å². The number of nitrogens with zero attached hydrogens (tertiary/aromatic N) is 4. The molecule has 28 heavy (non-hydrogen) atoms. The molecular formula is C18H13BrN4O5. The fourth-order valence-electron chi connectivity index (χ4n) is 2.69. The van der Waals surface area contributed by atoms with E-state index in [0.717, 1.165) is 10.0 Å². The number of fused-ring (bicyclic) bond motifs is 1. The second kappa shape index (κ2) is 7.04. The summed E-state index contributed by atoms with van der Waals surface area (Å²) in [5.74, 6) is 0.00914. The molecule has 0 saturated carbocycles. The third-order valence-electron chi connectivity index (χ3n) is 4.03. The van der Waals surface area contributed by atoms with Crippen molar-refractivity contribution in [3.8, 4) is 11.4 Å². The normalized spacial score (nSPS) is 11.1. The summed E-state index contributed by atoms with van der Waals surface area (Å²) in [6, 6.07) is 7.39. The van der Waals surface area contributed by atoms with Gasteiger partial charge in [-0.15, -0.1) is 0 Å². The predicted octanol–water partition coefficient (Wildman–Crippen LogP) is 3.00. The first-order valence-corrected chi connectivity index (χ1v) is 8.93. The minimum absolute atomic E-state index is 0.0374. The summed E-state index contributed by atoms with van der Waals surface area (Å²) in [5, 5.41) is 3.96. The highest BCUT2D eigenvalue weighted by Crippen LogP contribution is 2.23. The van der Waals surface area contributed by atoms with Gasteiger partial charge in [0.2, 0.25) is 11.5 Å². The monoisotopic (exact) mass is 444 g/mol. The molecule has 3 aromatic heterocycles. The Morgan fingerprint density at radius 3 is 2.96 bits per heavy atom. The highest BCUT2D eigenvalue weighted by atomic mass is 79.9. The molecule has 1 aromatic carbocycles. The number of ether oxygens (including phenoxy) is 1. The number of furan rings is 1. The SMILES string of the molecule is Cc1oc2ncn(C)c(=O)c2c1C(=O)OCc1nc(-c2cccc(Br)c2)no1. The van der Waals surface area contributed by atoms with Crippen molar-refractivity contribution in [1.82, 2.24) is 19.7 Å². The van der Waals surface area contributed by atoms with Crippen LogP contribution in [0.3, 0.4) is 0 Å². The first kappa shape index (κ1) is 18.1. The van der Waals surface area contributed by atoms with Gasteiger partial charge in [0.25, 0.3) is 11.4 Å². The average Bonchev–Trinajstić information content (AvgIpc) is 3.27. The van der Waals surface area contributed by atoms with Gasteiger partial charge in [-0.25, -0.2) is 9.78 Å².